The van der Waals surface area contributed by atoms with Crippen LogP contribution in [0.3, 0.4) is 0 Å². The maximum absolute atomic E-state index is 12.7. The minimum Gasteiger partial charge on any atom is -0.356 e. The number of fused-ring (bicyclic) bond motifs is 1. The molecular formula is C21H23N3OS2. The largest absolute Gasteiger partial charge is 0.356 e. The molecule has 4 rings (SSSR count). The van der Waals surface area contributed by atoms with E-state index >= 15 is 0 Å². The Hall–Kier alpha value is -1.92. The number of anilines is 1. The number of aryl methyl sites for hydroxylation is 1. The highest BCUT2D eigenvalue weighted by Crippen LogP contribution is 2.35. The summed E-state index contributed by atoms with van der Waals surface area (Å²) in [6, 6.07) is 8.49. The molecule has 0 bridgehead atoms. The molecular weight excluding hydrogens is 374 g/mol. The van der Waals surface area contributed by atoms with Gasteiger partial charge in [0.05, 0.1) is 10.4 Å². The number of piperidine rings is 1. The van der Waals surface area contributed by atoms with E-state index in [4.69, 9.17) is 17.2 Å². The SMILES string of the molecule is CCN1C(=O)/C(=C/c2cc3cc(C)ccc3nc2N2CCCCC2)SC1=S. The van der Waals surface area contributed by atoms with Crippen molar-refractivity contribution >= 4 is 57.0 Å². The lowest BCUT2D eigenvalue weighted by atomic mass is 10.1. The smallest absolute Gasteiger partial charge is 0.266 e. The molecule has 1 aromatic carbocycles. The average molecular weight is 398 g/mol. The summed E-state index contributed by atoms with van der Waals surface area (Å²) in [5.74, 6) is 0.981. The van der Waals surface area contributed by atoms with Gasteiger partial charge in [-0.25, -0.2) is 4.98 Å². The van der Waals surface area contributed by atoms with E-state index in [9.17, 15) is 4.79 Å². The average Bonchev–Trinajstić information content (AvgIpc) is 2.94. The zero-order chi connectivity index (χ0) is 19.0. The predicted molar refractivity (Wildman–Crippen MR) is 118 cm³/mol. The van der Waals surface area contributed by atoms with Gasteiger partial charge in [0.25, 0.3) is 5.91 Å². The van der Waals surface area contributed by atoms with Crippen molar-refractivity contribution in [1.82, 2.24) is 9.88 Å². The molecule has 140 valence electrons. The monoisotopic (exact) mass is 397 g/mol. The molecule has 2 aliphatic rings. The third-order valence-corrected chi connectivity index (χ3v) is 6.49. The first-order valence-electron chi connectivity index (χ1n) is 9.48. The van der Waals surface area contributed by atoms with E-state index in [-0.39, 0.29) is 5.91 Å². The number of carbonyl (C=O) groups is 1. The van der Waals surface area contributed by atoms with Crippen molar-refractivity contribution in [3.8, 4) is 0 Å². The van der Waals surface area contributed by atoms with Crippen LogP contribution in [0.4, 0.5) is 5.82 Å². The van der Waals surface area contributed by atoms with Crippen molar-refractivity contribution in [3.05, 3.63) is 40.3 Å². The quantitative estimate of drug-likeness (QED) is 0.552. The van der Waals surface area contributed by atoms with Crippen LogP contribution >= 0.6 is 24.0 Å². The molecule has 2 aromatic rings. The maximum atomic E-state index is 12.7. The van der Waals surface area contributed by atoms with Crippen LogP contribution in [0.2, 0.25) is 0 Å². The van der Waals surface area contributed by atoms with Crippen molar-refractivity contribution in [2.45, 2.75) is 33.1 Å². The first-order valence-corrected chi connectivity index (χ1v) is 10.7. The van der Waals surface area contributed by atoms with Gasteiger partial charge in [0.2, 0.25) is 0 Å². The Balaban J connectivity index is 1.83. The molecule has 3 heterocycles. The van der Waals surface area contributed by atoms with Crippen LogP contribution in [0.5, 0.6) is 0 Å². The summed E-state index contributed by atoms with van der Waals surface area (Å²) >= 11 is 6.75. The lowest BCUT2D eigenvalue weighted by Gasteiger charge is -2.29. The number of rotatable bonds is 3. The van der Waals surface area contributed by atoms with Gasteiger partial charge in [-0.15, -0.1) is 0 Å². The number of thioether (sulfide) groups is 1. The number of likely N-dealkylation sites (N-methyl/N-ethyl adjacent to an activating group) is 1. The van der Waals surface area contributed by atoms with E-state index in [0.29, 0.717) is 15.8 Å². The van der Waals surface area contributed by atoms with Crippen LogP contribution in [0, 0.1) is 6.92 Å². The summed E-state index contributed by atoms with van der Waals surface area (Å²) in [5, 5.41) is 1.10. The fourth-order valence-electron chi connectivity index (χ4n) is 3.68. The van der Waals surface area contributed by atoms with Crippen molar-refractivity contribution in [2.75, 3.05) is 24.5 Å². The molecule has 1 aromatic heterocycles. The molecule has 0 saturated carbocycles. The number of nitrogens with zero attached hydrogens (tertiary/aromatic N) is 3. The zero-order valence-corrected chi connectivity index (χ0v) is 17.3. The predicted octanol–water partition coefficient (Wildman–Crippen LogP) is 4.75. The van der Waals surface area contributed by atoms with Crippen molar-refractivity contribution < 1.29 is 4.79 Å². The van der Waals surface area contributed by atoms with E-state index in [1.807, 2.05) is 13.0 Å². The van der Waals surface area contributed by atoms with Gasteiger partial charge in [-0.2, -0.15) is 0 Å². The Labute approximate surface area is 169 Å². The lowest BCUT2D eigenvalue weighted by Crippen LogP contribution is -2.30. The number of carbonyl (C=O) groups excluding carboxylic acids is 1. The summed E-state index contributed by atoms with van der Waals surface area (Å²) in [6.45, 7) is 6.68. The minimum absolute atomic E-state index is 0.00133. The molecule has 0 atom stereocenters. The molecule has 0 aliphatic carbocycles. The van der Waals surface area contributed by atoms with E-state index in [1.54, 1.807) is 4.90 Å². The number of aromatic nitrogens is 1. The van der Waals surface area contributed by atoms with Gasteiger partial charge in [-0.1, -0.05) is 35.6 Å². The highest BCUT2D eigenvalue weighted by molar-refractivity contribution is 8.26. The molecule has 1 amide bonds. The Morgan fingerprint density at radius 3 is 2.70 bits per heavy atom. The molecule has 2 aliphatic heterocycles. The van der Waals surface area contributed by atoms with Gasteiger partial charge < -0.3 is 4.90 Å². The van der Waals surface area contributed by atoms with E-state index < -0.39 is 0 Å². The van der Waals surface area contributed by atoms with Crippen LogP contribution in [0.25, 0.3) is 17.0 Å². The van der Waals surface area contributed by atoms with Crippen LogP contribution in [0.15, 0.2) is 29.2 Å². The number of hydrogen-bond acceptors (Lipinski definition) is 5. The van der Waals surface area contributed by atoms with Crippen molar-refractivity contribution in [2.24, 2.45) is 0 Å². The molecule has 0 radical (unpaired) electrons. The van der Waals surface area contributed by atoms with Gasteiger partial charge in [0, 0.05) is 30.6 Å². The fraction of sp³-hybridized carbons (Fsp3) is 0.381. The van der Waals surface area contributed by atoms with E-state index in [1.165, 1.54) is 36.6 Å². The van der Waals surface area contributed by atoms with E-state index in [2.05, 4.69) is 36.1 Å². The summed E-state index contributed by atoms with van der Waals surface area (Å²) in [6.07, 6.45) is 5.62. The molecule has 6 heteroatoms. The van der Waals surface area contributed by atoms with Gasteiger partial charge in [-0.05, 0) is 57.4 Å². The van der Waals surface area contributed by atoms with Crippen LogP contribution in [-0.4, -0.2) is 39.7 Å². The standard InChI is InChI=1S/C21H23N3OS2/c1-3-24-20(25)18(27-21(24)26)13-16-12-15-11-14(2)7-8-17(15)22-19(16)23-9-5-4-6-10-23/h7-8,11-13H,3-6,9-10H2,1-2H3/b18-13-. The van der Waals surface area contributed by atoms with Crippen LogP contribution < -0.4 is 4.90 Å². The van der Waals surface area contributed by atoms with Gasteiger partial charge in [-0.3, -0.25) is 9.69 Å². The first kappa shape index (κ1) is 18.4. The first-order chi connectivity index (χ1) is 13.1. The topological polar surface area (TPSA) is 36.4 Å². The normalized spacial score (nSPS) is 19.6. The molecule has 0 N–H and O–H groups in total. The summed E-state index contributed by atoms with van der Waals surface area (Å²) in [7, 11) is 0. The van der Waals surface area contributed by atoms with Gasteiger partial charge in [0.15, 0.2) is 0 Å². The van der Waals surface area contributed by atoms with Crippen molar-refractivity contribution in [3.63, 3.8) is 0 Å². The minimum atomic E-state index is 0.00133. The zero-order valence-electron chi connectivity index (χ0n) is 15.7. The number of thiocarbonyl (C=S) groups is 1. The molecule has 2 fully saturated rings. The van der Waals surface area contributed by atoms with Crippen LogP contribution in [0.1, 0.15) is 37.3 Å². The number of pyridine rings is 1. The Bertz CT molecular complexity index is 948. The Morgan fingerprint density at radius 2 is 2.00 bits per heavy atom. The van der Waals surface area contributed by atoms with Crippen molar-refractivity contribution in [1.29, 1.82) is 0 Å². The Morgan fingerprint density at radius 1 is 1.22 bits per heavy atom. The third-order valence-electron chi connectivity index (χ3n) is 5.11. The number of benzene rings is 1. The fourth-order valence-corrected chi connectivity index (χ4v) is 5.06. The highest BCUT2D eigenvalue weighted by Gasteiger charge is 2.31. The van der Waals surface area contributed by atoms with Gasteiger partial charge in [0.1, 0.15) is 10.1 Å². The lowest BCUT2D eigenvalue weighted by molar-refractivity contribution is -0.121. The van der Waals surface area contributed by atoms with Crippen LogP contribution in [-0.2, 0) is 4.79 Å². The second-order valence-corrected chi connectivity index (χ2v) is 8.75. The second-order valence-electron chi connectivity index (χ2n) is 7.07. The number of amides is 1. The van der Waals surface area contributed by atoms with E-state index in [0.717, 1.165) is 35.4 Å². The maximum Gasteiger partial charge on any atom is 0.266 e. The van der Waals surface area contributed by atoms with Gasteiger partial charge >= 0.3 is 0 Å². The summed E-state index contributed by atoms with van der Waals surface area (Å²) in [4.78, 5) is 22.4. The molecule has 0 spiro atoms. The third kappa shape index (κ3) is 3.60. The molecule has 2 saturated heterocycles. The Kier molecular flexibility index (Phi) is 5.19. The molecule has 27 heavy (non-hydrogen) atoms. The molecule has 4 nitrogen and oxygen atoms in total. The molecule has 0 unspecified atom stereocenters. The summed E-state index contributed by atoms with van der Waals surface area (Å²) < 4.78 is 0.637. The number of hydrogen-bond donors (Lipinski definition) is 0. The second kappa shape index (κ2) is 7.60. The highest BCUT2D eigenvalue weighted by atomic mass is 32.2. The summed E-state index contributed by atoms with van der Waals surface area (Å²) in [5.41, 5.74) is 3.21.